The molecule has 1 heterocycles. The van der Waals surface area contributed by atoms with Crippen LogP contribution in [0.5, 0.6) is 11.5 Å². The van der Waals surface area contributed by atoms with Gasteiger partial charge in [0.1, 0.15) is 22.8 Å². The minimum absolute atomic E-state index is 0.0578. The number of phenolic OH excluding ortho intramolecular Hbond substituents is 2. The van der Waals surface area contributed by atoms with Crippen molar-refractivity contribution < 1.29 is 29.3 Å². The fourth-order valence-corrected chi connectivity index (χ4v) is 2.82. The van der Waals surface area contributed by atoms with Crippen molar-refractivity contribution in [3.8, 4) is 11.5 Å². The van der Waals surface area contributed by atoms with Crippen LogP contribution in [0.4, 0.5) is 0 Å². The summed E-state index contributed by atoms with van der Waals surface area (Å²) >= 11 is 0. The van der Waals surface area contributed by atoms with Crippen molar-refractivity contribution in [1.29, 1.82) is 0 Å². The van der Waals surface area contributed by atoms with Crippen LogP contribution in [-0.2, 0) is 20.7 Å². The SMILES string of the molecule is CO[C@H]1CCC[C@H](C)OC(=O)c2c(O)cc(O)cc2CC(=O)C1. The third kappa shape index (κ3) is 4.45. The zero-order valence-corrected chi connectivity index (χ0v) is 13.4. The molecule has 0 amide bonds. The standard InChI is InChI=1S/C17H22O6/c1-10-4-3-5-14(22-2)8-12(18)6-11-7-13(19)9-15(20)16(11)17(21)23-10/h7,9-10,14,19-20H,3-6,8H2,1-2H3/t10-,14-/m0/s1. The highest BCUT2D eigenvalue weighted by atomic mass is 16.5. The summed E-state index contributed by atoms with van der Waals surface area (Å²) in [4.78, 5) is 24.5. The number of phenols is 2. The van der Waals surface area contributed by atoms with Crippen molar-refractivity contribution in [2.45, 2.75) is 51.2 Å². The molecule has 0 aromatic heterocycles. The van der Waals surface area contributed by atoms with E-state index in [-0.39, 0.29) is 53.5 Å². The average molecular weight is 322 g/mol. The first-order valence-corrected chi connectivity index (χ1v) is 7.71. The number of carbonyl (C=O) groups is 2. The van der Waals surface area contributed by atoms with Gasteiger partial charge in [-0.25, -0.2) is 4.79 Å². The van der Waals surface area contributed by atoms with Gasteiger partial charge in [-0.15, -0.1) is 0 Å². The molecule has 0 fully saturated rings. The third-order valence-corrected chi connectivity index (χ3v) is 4.01. The Balaban J connectivity index is 2.38. The van der Waals surface area contributed by atoms with E-state index < -0.39 is 5.97 Å². The highest BCUT2D eigenvalue weighted by Crippen LogP contribution is 2.30. The van der Waals surface area contributed by atoms with Crippen molar-refractivity contribution in [2.24, 2.45) is 0 Å². The number of hydrogen-bond donors (Lipinski definition) is 2. The first-order valence-electron chi connectivity index (χ1n) is 7.71. The Labute approximate surface area is 135 Å². The molecule has 6 heteroatoms. The van der Waals surface area contributed by atoms with Gasteiger partial charge in [-0.05, 0) is 37.8 Å². The molecule has 2 N–H and O–H groups in total. The summed E-state index contributed by atoms with van der Waals surface area (Å²) in [7, 11) is 1.57. The van der Waals surface area contributed by atoms with E-state index in [1.807, 2.05) is 0 Å². The van der Waals surface area contributed by atoms with Gasteiger partial charge in [0, 0.05) is 26.0 Å². The molecule has 1 aliphatic rings. The molecule has 0 bridgehead atoms. The lowest BCUT2D eigenvalue weighted by Crippen LogP contribution is -2.22. The molecule has 0 aliphatic carbocycles. The van der Waals surface area contributed by atoms with Gasteiger partial charge in [0.25, 0.3) is 0 Å². The van der Waals surface area contributed by atoms with Crippen LogP contribution in [0, 0.1) is 0 Å². The number of ketones is 1. The number of methoxy groups -OCH3 is 1. The molecule has 0 saturated carbocycles. The topological polar surface area (TPSA) is 93.1 Å². The lowest BCUT2D eigenvalue weighted by Gasteiger charge is -2.20. The molecule has 0 spiro atoms. The molecule has 126 valence electrons. The number of ether oxygens (including phenoxy) is 2. The lowest BCUT2D eigenvalue weighted by molar-refractivity contribution is -0.120. The van der Waals surface area contributed by atoms with Gasteiger partial charge in [-0.1, -0.05) is 0 Å². The Morgan fingerprint density at radius 2 is 1.96 bits per heavy atom. The van der Waals surface area contributed by atoms with Crippen LogP contribution in [0.2, 0.25) is 0 Å². The average Bonchev–Trinajstić information content (AvgIpc) is 2.44. The predicted molar refractivity (Wildman–Crippen MR) is 82.6 cm³/mol. The summed E-state index contributed by atoms with van der Waals surface area (Å²) < 4.78 is 10.7. The van der Waals surface area contributed by atoms with E-state index in [4.69, 9.17) is 9.47 Å². The van der Waals surface area contributed by atoms with E-state index in [1.54, 1.807) is 14.0 Å². The number of aromatic hydroxyl groups is 2. The second kappa shape index (κ2) is 7.46. The Hall–Kier alpha value is -2.08. The minimum atomic E-state index is -0.679. The smallest absolute Gasteiger partial charge is 0.342 e. The molecule has 1 aromatic carbocycles. The van der Waals surface area contributed by atoms with Crippen LogP contribution in [0.1, 0.15) is 48.5 Å². The van der Waals surface area contributed by atoms with Crippen molar-refractivity contribution in [3.05, 3.63) is 23.3 Å². The van der Waals surface area contributed by atoms with Gasteiger partial charge >= 0.3 is 5.97 Å². The quantitative estimate of drug-likeness (QED) is 0.771. The van der Waals surface area contributed by atoms with Crippen LogP contribution in [-0.4, -0.2) is 41.3 Å². The first-order chi connectivity index (χ1) is 10.9. The normalized spacial score (nSPS) is 23.4. The molecule has 6 nitrogen and oxygen atoms in total. The minimum Gasteiger partial charge on any atom is -0.508 e. The Morgan fingerprint density at radius 3 is 2.65 bits per heavy atom. The number of carbonyl (C=O) groups excluding carboxylic acids is 2. The number of hydrogen-bond acceptors (Lipinski definition) is 6. The van der Waals surface area contributed by atoms with E-state index in [0.29, 0.717) is 12.8 Å². The third-order valence-electron chi connectivity index (χ3n) is 4.01. The van der Waals surface area contributed by atoms with Gasteiger partial charge < -0.3 is 19.7 Å². The number of Topliss-reactive ketones (excluding diaryl/α,β-unsaturated/α-hetero) is 1. The maximum absolute atomic E-state index is 12.3. The summed E-state index contributed by atoms with van der Waals surface area (Å²) in [6.07, 6.45) is 1.80. The Bertz CT molecular complexity index is 595. The molecule has 0 radical (unpaired) electrons. The van der Waals surface area contributed by atoms with Crippen LogP contribution in [0.25, 0.3) is 0 Å². The van der Waals surface area contributed by atoms with Gasteiger partial charge in [0.15, 0.2) is 0 Å². The van der Waals surface area contributed by atoms with E-state index in [0.717, 1.165) is 12.5 Å². The number of esters is 1. The zero-order chi connectivity index (χ0) is 17.0. The summed E-state index contributed by atoms with van der Waals surface area (Å²) in [5.41, 5.74) is 0.206. The van der Waals surface area contributed by atoms with Gasteiger partial charge in [-0.2, -0.15) is 0 Å². The van der Waals surface area contributed by atoms with Gasteiger partial charge in [0.05, 0.1) is 12.2 Å². The van der Waals surface area contributed by atoms with Gasteiger partial charge in [-0.3, -0.25) is 4.79 Å². The fraction of sp³-hybridized carbons (Fsp3) is 0.529. The number of rotatable bonds is 1. The molecular formula is C17H22O6. The van der Waals surface area contributed by atoms with Crippen molar-refractivity contribution in [2.75, 3.05) is 7.11 Å². The molecule has 1 aromatic rings. The highest BCUT2D eigenvalue weighted by Gasteiger charge is 2.25. The summed E-state index contributed by atoms with van der Waals surface area (Å²) in [5, 5.41) is 19.6. The van der Waals surface area contributed by atoms with Crippen LogP contribution < -0.4 is 0 Å². The Kier molecular flexibility index (Phi) is 5.60. The molecule has 1 aliphatic heterocycles. The van der Waals surface area contributed by atoms with Crippen molar-refractivity contribution in [1.82, 2.24) is 0 Å². The van der Waals surface area contributed by atoms with E-state index in [2.05, 4.69) is 0 Å². The highest BCUT2D eigenvalue weighted by molar-refractivity contribution is 5.96. The summed E-state index contributed by atoms with van der Waals surface area (Å²) in [5.74, 6) is -1.39. The van der Waals surface area contributed by atoms with Crippen LogP contribution in [0.15, 0.2) is 12.1 Å². The number of benzene rings is 1. The molecule has 0 unspecified atom stereocenters. The molecule has 0 saturated heterocycles. The molecule has 2 rings (SSSR count). The lowest BCUT2D eigenvalue weighted by atomic mass is 9.96. The second-order valence-electron chi connectivity index (χ2n) is 5.92. The zero-order valence-electron chi connectivity index (χ0n) is 13.4. The van der Waals surface area contributed by atoms with Gasteiger partial charge in [0.2, 0.25) is 0 Å². The largest absolute Gasteiger partial charge is 0.508 e. The molecule has 2 atom stereocenters. The first kappa shape index (κ1) is 17.3. The maximum Gasteiger partial charge on any atom is 0.342 e. The van der Waals surface area contributed by atoms with E-state index in [9.17, 15) is 19.8 Å². The Morgan fingerprint density at radius 1 is 1.22 bits per heavy atom. The number of fused-ring (bicyclic) bond motifs is 1. The molecule has 23 heavy (non-hydrogen) atoms. The summed E-state index contributed by atoms with van der Waals surface area (Å²) in [6, 6.07) is 2.38. The predicted octanol–water partition coefficient (Wildman–Crippen LogP) is 2.34. The van der Waals surface area contributed by atoms with Crippen molar-refractivity contribution >= 4 is 11.8 Å². The second-order valence-corrected chi connectivity index (χ2v) is 5.92. The molecular weight excluding hydrogens is 300 g/mol. The monoisotopic (exact) mass is 322 g/mol. The van der Waals surface area contributed by atoms with Crippen LogP contribution in [0.3, 0.4) is 0 Å². The summed E-state index contributed by atoms with van der Waals surface area (Å²) in [6.45, 7) is 1.79. The maximum atomic E-state index is 12.3. The van der Waals surface area contributed by atoms with Crippen molar-refractivity contribution in [3.63, 3.8) is 0 Å². The number of cyclic esters (lactones) is 1. The van der Waals surface area contributed by atoms with E-state index in [1.165, 1.54) is 6.07 Å². The fourth-order valence-electron chi connectivity index (χ4n) is 2.82. The van der Waals surface area contributed by atoms with Crippen LogP contribution >= 0.6 is 0 Å². The van der Waals surface area contributed by atoms with E-state index >= 15 is 0 Å².